The van der Waals surface area contributed by atoms with Crippen molar-refractivity contribution in [1.82, 2.24) is 5.32 Å². The number of hydrogen-bond acceptors (Lipinski definition) is 2. The molecule has 4 heteroatoms. The first-order chi connectivity index (χ1) is 6.57. The summed E-state index contributed by atoms with van der Waals surface area (Å²) in [6.07, 6.45) is 0.989. The molecule has 0 unspecified atom stereocenters. The molecule has 0 spiro atoms. The van der Waals surface area contributed by atoms with Crippen molar-refractivity contribution in [2.24, 2.45) is 0 Å². The first-order valence-electron chi connectivity index (χ1n) is 4.36. The van der Waals surface area contributed by atoms with E-state index >= 15 is 0 Å². The average molecular weight is 194 g/mol. The standard InChI is InChI=1S/C10H14N2O2/c1-8(2)9(13)5-4-6-12-10(14)7-11-3/h1,4-7H2,2H3,(H,12,14). The van der Waals surface area contributed by atoms with Gasteiger partial charge in [0.05, 0.1) is 0 Å². The number of carbonyl (C=O) groups is 2. The van der Waals surface area contributed by atoms with Crippen molar-refractivity contribution in [1.29, 1.82) is 0 Å². The van der Waals surface area contributed by atoms with Crippen LogP contribution in [0.4, 0.5) is 0 Å². The number of carbonyl (C=O) groups excluding carboxylic acids is 2. The van der Waals surface area contributed by atoms with Crippen molar-refractivity contribution in [2.45, 2.75) is 19.8 Å². The minimum absolute atomic E-state index is 0.0180. The number of Topliss-reactive ketones (excluding diaryl/α,β-unsaturated/α-hetero) is 1. The molecule has 0 aliphatic heterocycles. The Morgan fingerprint density at radius 1 is 1.50 bits per heavy atom. The van der Waals surface area contributed by atoms with Gasteiger partial charge in [0.15, 0.2) is 5.78 Å². The fourth-order valence-corrected chi connectivity index (χ4v) is 0.818. The van der Waals surface area contributed by atoms with Gasteiger partial charge in [0, 0.05) is 13.0 Å². The molecule has 1 N–H and O–H groups in total. The summed E-state index contributed by atoms with van der Waals surface area (Å²) >= 11 is 0. The van der Waals surface area contributed by atoms with Crippen molar-refractivity contribution in [3.63, 3.8) is 0 Å². The lowest BCUT2D eigenvalue weighted by Crippen LogP contribution is -2.26. The van der Waals surface area contributed by atoms with Crippen LogP contribution in [0, 0.1) is 6.57 Å². The quantitative estimate of drug-likeness (QED) is 0.389. The van der Waals surface area contributed by atoms with Crippen molar-refractivity contribution in [3.8, 4) is 0 Å². The SMILES string of the molecule is [C-]#[N+]CC(=O)NCCCC(=O)C(=C)C. The van der Waals surface area contributed by atoms with Gasteiger partial charge < -0.3 is 10.2 Å². The molecule has 0 atom stereocenters. The third-order valence-corrected chi connectivity index (χ3v) is 1.60. The van der Waals surface area contributed by atoms with E-state index in [0.29, 0.717) is 25.0 Å². The minimum Gasteiger partial charge on any atom is -0.350 e. The van der Waals surface area contributed by atoms with Gasteiger partial charge in [-0.3, -0.25) is 9.59 Å². The summed E-state index contributed by atoms with van der Waals surface area (Å²) < 4.78 is 0. The highest BCUT2D eigenvalue weighted by molar-refractivity contribution is 5.94. The predicted molar refractivity (Wildman–Crippen MR) is 53.5 cm³/mol. The summed E-state index contributed by atoms with van der Waals surface area (Å²) in [4.78, 5) is 24.8. The van der Waals surface area contributed by atoms with E-state index in [2.05, 4.69) is 16.7 Å². The molecule has 0 saturated heterocycles. The van der Waals surface area contributed by atoms with Gasteiger partial charge in [0.2, 0.25) is 0 Å². The molecule has 1 amide bonds. The van der Waals surface area contributed by atoms with Crippen LogP contribution in [0.15, 0.2) is 12.2 Å². The highest BCUT2D eigenvalue weighted by atomic mass is 16.1. The van der Waals surface area contributed by atoms with E-state index in [1.165, 1.54) is 0 Å². The molecular formula is C10H14N2O2. The van der Waals surface area contributed by atoms with Gasteiger partial charge in [-0.1, -0.05) is 6.58 Å². The maximum absolute atomic E-state index is 11.1. The van der Waals surface area contributed by atoms with E-state index in [0.717, 1.165) is 0 Å². The summed E-state index contributed by atoms with van der Waals surface area (Å²) in [6, 6.07) is 0. The molecule has 0 aromatic heterocycles. The smallest absolute Gasteiger partial charge is 0.300 e. The average Bonchev–Trinajstić information content (AvgIpc) is 2.12. The second-order valence-electron chi connectivity index (χ2n) is 2.97. The van der Waals surface area contributed by atoms with E-state index < -0.39 is 0 Å². The molecule has 0 aliphatic carbocycles. The molecule has 0 aromatic rings. The number of nitrogens with one attached hydrogen (secondary N) is 1. The van der Waals surface area contributed by atoms with Crippen molar-refractivity contribution >= 4 is 11.7 Å². The Kier molecular flexibility index (Phi) is 6.04. The Morgan fingerprint density at radius 3 is 2.64 bits per heavy atom. The van der Waals surface area contributed by atoms with Gasteiger partial charge in [-0.05, 0) is 18.9 Å². The Balaban J connectivity index is 3.48. The van der Waals surface area contributed by atoms with E-state index in [1.54, 1.807) is 6.92 Å². The summed E-state index contributed by atoms with van der Waals surface area (Å²) in [6.45, 7) is 11.9. The van der Waals surface area contributed by atoms with Crippen LogP contribution in [0.2, 0.25) is 0 Å². The summed E-state index contributed by atoms with van der Waals surface area (Å²) in [5.41, 5.74) is 0.539. The van der Waals surface area contributed by atoms with Crippen LogP contribution in [0.5, 0.6) is 0 Å². The molecule has 14 heavy (non-hydrogen) atoms. The molecule has 4 nitrogen and oxygen atoms in total. The third-order valence-electron chi connectivity index (χ3n) is 1.60. The van der Waals surface area contributed by atoms with E-state index in [-0.39, 0.29) is 18.2 Å². The fourth-order valence-electron chi connectivity index (χ4n) is 0.818. The van der Waals surface area contributed by atoms with Gasteiger partial charge in [-0.2, -0.15) is 0 Å². The Labute approximate surface area is 83.8 Å². The van der Waals surface area contributed by atoms with Crippen molar-refractivity contribution in [2.75, 3.05) is 13.1 Å². The van der Waals surface area contributed by atoms with Gasteiger partial charge in [-0.25, -0.2) is 6.57 Å². The van der Waals surface area contributed by atoms with Gasteiger partial charge in [0.1, 0.15) is 0 Å². The molecule has 0 saturated carbocycles. The van der Waals surface area contributed by atoms with E-state index in [1.807, 2.05) is 0 Å². The second kappa shape index (κ2) is 6.84. The molecule has 0 heterocycles. The van der Waals surface area contributed by atoms with Crippen LogP contribution in [-0.2, 0) is 9.59 Å². The first-order valence-corrected chi connectivity index (χ1v) is 4.36. The summed E-state index contributed by atoms with van der Waals surface area (Å²) in [5, 5.41) is 2.54. The summed E-state index contributed by atoms with van der Waals surface area (Å²) in [5.74, 6) is -0.271. The topological polar surface area (TPSA) is 50.5 Å². The second-order valence-corrected chi connectivity index (χ2v) is 2.97. The first kappa shape index (κ1) is 12.4. The zero-order valence-electron chi connectivity index (χ0n) is 8.30. The van der Waals surface area contributed by atoms with Crippen LogP contribution in [0.3, 0.4) is 0 Å². The third kappa shape index (κ3) is 5.95. The molecule has 76 valence electrons. The Morgan fingerprint density at radius 2 is 2.14 bits per heavy atom. The largest absolute Gasteiger partial charge is 0.350 e. The van der Waals surface area contributed by atoms with Crippen LogP contribution in [0.1, 0.15) is 19.8 Å². The van der Waals surface area contributed by atoms with Crippen molar-refractivity contribution in [3.05, 3.63) is 23.6 Å². The Bertz CT molecular complexity index is 276. The van der Waals surface area contributed by atoms with Crippen LogP contribution in [0.25, 0.3) is 4.85 Å². The van der Waals surface area contributed by atoms with Crippen LogP contribution in [-0.4, -0.2) is 24.8 Å². The van der Waals surface area contributed by atoms with Crippen LogP contribution < -0.4 is 5.32 Å². The number of nitrogens with zero attached hydrogens (tertiary/aromatic N) is 1. The van der Waals surface area contributed by atoms with Crippen molar-refractivity contribution < 1.29 is 9.59 Å². The maximum atomic E-state index is 11.1. The lowest BCUT2D eigenvalue weighted by atomic mass is 10.1. The zero-order valence-corrected chi connectivity index (χ0v) is 8.30. The predicted octanol–water partition coefficient (Wildman–Crippen LogP) is 0.947. The van der Waals surface area contributed by atoms with E-state index in [9.17, 15) is 9.59 Å². The molecule has 0 aromatic carbocycles. The molecule has 0 rings (SSSR count). The highest BCUT2D eigenvalue weighted by Crippen LogP contribution is 1.97. The lowest BCUT2D eigenvalue weighted by Gasteiger charge is -2.00. The molecular weight excluding hydrogens is 180 g/mol. The highest BCUT2D eigenvalue weighted by Gasteiger charge is 2.04. The fraction of sp³-hybridized carbons (Fsp3) is 0.500. The molecule has 0 radical (unpaired) electrons. The number of amides is 1. The normalized spacial score (nSPS) is 8.86. The Hall–Kier alpha value is -1.63. The zero-order chi connectivity index (χ0) is 11.0. The van der Waals surface area contributed by atoms with Gasteiger partial charge >= 0.3 is 0 Å². The molecule has 0 bridgehead atoms. The van der Waals surface area contributed by atoms with Crippen LogP contribution >= 0.6 is 0 Å². The number of ketones is 1. The number of hydrogen-bond donors (Lipinski definition) is 1. The molecule has 0 aliphatic rings. The number of allylic oxidation sites excluding steroid dienone is 1. The summed E-state index contributed by atoms with van der Waals surface area (Å²) in [7, 11) is 0. The van der Waals surface area contributed by atoms with Gasteiger partial charge in [0.25, 0.3) is 12.5 Å². The number of rotatable bonds is 6. The lowest BCUT2D eigenvalue weighted by molar-refractivity contribution is -0.119. The minimum atomic E-state index is -0.289. The molecule has 0 fully saturated rings. The monoisotopic (exact) mass is 194 g/mol. The van der Waals surface area contributed by atoms with Gasteiger partial charge in [-0.15, -0.1) is 0 Å². The maximum Gasteiger partial charge on any atom is 0.300 e. The van der Waals surface area contributed by atoms with E-state index in [4.69, 9.17) is 6.57 Å².